The highest BCUT2D eigenvalue weighted by molar-refractivity contribution is 7.98. The lowest BCUT2D eigenvalue weighted by molar-refractivity contribution is -0.123. The molecule has 6 nitrogen and oxygen atoms in total. The van der Waals surface area contributed by atoms with Crippen LogP contribution in [0.4, 0.5) is 0 Å². The van der Waals surface area contributed by atoms with Crippen molar-refractivity contribution >= 4 is 52.7 Å². The second kappa shape index (κ2) is 11.2. The van der Waals surface area contributed by atoms with Crippen LogP contribution in [0.3, 0.4) is 0 Å². The Bertz CT molecular complexity index is 953. The molecule has 1 atom stereocenters. The third-order valence-corrected chi connectivity index (χ3v) is 5.53. The van der Waals surface area contributed by atoms with Gasteiger partial charge in [-0.1, -0.05) is 40.9 Å². The molecule has 0 fully saturated rings. The Labute approximate surface area is 190 Å². The Hall–Kier alpha value is -2.22. The van der Waals surface area contributed by atoms with E-state index >= 15 is 0 Å². The Morgan fingerprint density at radius 1 is 0.967 bits per heavy atom. The minimum absolute atomic E-state index is 0.187. The van der Waals surface area contributed by atoms with Crippen LogP contribution < -0.4 is 16.2 Å². The summed E-state index contributed by atoms with van der Waals surface area (Å²) in [4.78, 5) is 37.6. The van der Waals surface area contributed by atoms with E-state index in [0.717, 1.165) is 11.1 Å². The fourth-order valence-electron chi connectivity index (χ4n) is 2.76. The molecule has 0 aliphatic rings. The van der Waals surface area contributed by atoms with E-state index in [2.05, 4.69) is 16.2 Å². The van der Waals surface area contributed by atoms with Crippen molar-refractivity contribution in [2.45, 2.75) is 26.3 Å². The van der Waals surface area contributed by atoms with Crippen molar-refractivity contribution in [1.82, 2.24) is 16.2 Å². The van der Waals surface area contributed by atoms with Gasteiger partial charge in [0.05, 0.1) is 10.6 Å². The molecule has 0 spiro atoms. The maximum atomic E-state index is 12.6. The zero-order chi connectivity index (χ0) is 22.3. The van der Waals surface area contributed by atoms with Gasteiger partial charge in [-0.15, -0.1) is 0 Å². The number of nitrogens with one attached hydrogen (secondary N) is 3. The summed E-state index contributed by atoms with van der Waals surface area (Å²) in [7, 11) is 0. The van der Waals surface area contributed by atoms with E-state index in [1.807, 2.05) is 32.2 Å². The molecule has 30 heavy (non-hydrogen) atoms. The highest BCUT2D eigenvalue weighted by atomic mass is 35.5. The van der Waals surface area contributed by atoms with Gasteiger partial charge in [0.1, 0.15) is 6.04 Å². The first-order chi connectivity index (χ1) is 14.2. The molecule has 0 aliphatic heterocycles. The van der Waals surface area contributed by atoms with Crippen LogP contribution in [0.25, 0.3) is 0 Å². The van der Waals surface area contributed by atoms with Gasteiger partial charge in [-0.2, -0.15) is 11.8 Å². The van der Waals surface area contributed by atoms with E-state index in [4.69, 9.17) is 23.2 Å². The Morgan fingerprint density at radius 3 is 2.30 bits per heavy atom. The lowest BCUT2D eigenvalue weighted by atomic mass is 10.1. The number of thioether (sulfide) groups is 1. The number of carbonyl (C=O) groups excluding carboxylic acids is 3. The van der Waals surface area contributed by atoms with Crippen LogP contribution in [-0.2, 0) is 4.79 Å². The average Bonchev–Trinajstić information content (AvgIpc) is 2.68. The minimum Gasteiger partial charge on any atom is -0.340 e. The molecule has 2 aromatic carbocycles. The zero-order valence-corrected chi connectivity index (χ0v) is 19.2. The summed E-state index contributed by atoms with van der Waals surface area (Å²) in [5.74, 6) is -0.826. The maximum absolute atomic E-state index is 12.6. The van der Waals surface area contributed by atoms with Crippen LogP contribution in [0.1, 0.15) is 38.3 Å². The summed E-state index contributed by atoms with van der Waals surface area (Å²) in [5.41, 5.74) is 7.30. The first-order valence-electron chi connectivity index (χ1n) is 9.15. The lowest BCUT2D eigenvalue weighted by Gasteiger charge is -2.19. The first-order valence-corrected chi connectivity index (χ1v) is 11.3. The van der Waals surface area contributed by atoms with E-state index < -0.39 is 23.8 Å². The van der Waals surface area contributed by atoms with Crippen LogP contribution in [0.2, 0.25) is 10.0 Å². The van der Waals surface area contributed by atoms with Crippen molar-refractivity contribution in [3.8, 4) is 0 Å². The molecule has 0 heterocycles. The maximum Gasteiger partial charge on any atom is 0.269 e. The largest absolute Gasteiger partial charge is 0.340 e. The van der Waals surface area contributed by atoms with E-state index in [-0.39, 0.29) is 10.6 Å². The number of aryl methyl sites for hydroxylation is 2. The third kappa shape index (κ3) is 6.65. The van der Waals surface area contributed by atoms with E-state index in [9.17, 15) is 14.4 Å². The van der Waals surface area contributed by atoms with Crippen molar-refractivity contribution < 1.29 is 14.4 Å². The molecule has 0 saturated heterocycles. The topological polar surface area (TPSA) is 87.3 Å². The molecule has 0 radical (unpaired) electrons. The first kappa shape index (κ1) is 24.1. The Morgan fingerprint density at radius 2 is 1.67 bits per heavy atom. The Kier molecular flexibility index (Phi) is 9.02. The summed E-state index contributed by atoms with van der Waals surface area (Å²) in [6, 6.07) is 9.04. The van der Waals surface area contributed by atoms with Crippen LogP contribution in [0.5, 0.6) is 0 Å². The molecule has 0 saturated carbocycles. The standard InChI is InChI=1S/C21H23Cl2N3O3S/c1-12-4-6-15(13(2)10-12)20(28)25-26-21(29)18(8-9-30-3)24-19(27)16-7-5-14(22)11-17(16)23/h4-7,10-11,18H,8-9H2,1-3H3,(H,24,27)(H,25,28)(H,26,29)/t18-/m0/s1. The van der Waals surface area contributed by atoms with Crippen molar-refractivity contribution in [2.75, 3.05) is 12.0 Å². The quantitative estimate of drug-likeness (QED) is 0.538. The molecule has 3 amide bonds. The highest BCUT2D eigenvalue weighted by Gasteiger charge is 2.23. The lowest BCUT2D eigenvalue weighted by Crippen LogP contribution is -2.52. The fraction of sp³-hybridized carbons (Fsp3) is 0.286. The van der Waals surface area contributed by atoms with Gasteiger partial charge < -0.3 is 5.32 Å². The molecule has 0 bridgehead atoms. The summed E-state index contributed by atoms with van der Waals surface area (Å²) in [6.45, 7) is 3.75. The van der Waals surface area contributed by atoms with E-state index in [0.29, 0.717) is 22.8 Å². The molecular formula is C21H23Cl2N3O3S. The van der Waals surface area contributed by atoms with Gasteiger partial charge in [0, 0.05) is 10.6 Å². The fourth-order valence-corrected chi connectivity index (χ4v) is 3.72. The number of carbonyl (C=O) groups is 3. The molecule has 0 unspecified atom stereocenters. The van der Waals surface area contributed by atoms with Crippen molar-refractivity contribution in [3.63, 3.8) is 0 Å². The number of amides is 3. The molecular weight excluding hydrogens is 445 g/mol. The Balaban J connectivity index is 2.05. The van der Waals surface area contributed by atoms with Crippen molar-refractivity contribution in [2.24, 2.45) is 0 Å². The van der Waals surface area contributed by atoms with Gasteiger partial charge >= 0.3 is 0 Å². The second-order valence-electron chi connectivity index (χ2n) is 6.69. The summed E-state index contributed by atoms with van der Waals surface area (Å²) >= 11 is 13.5. The van der Waals surface area contributed by atoms with Crippen LogP contribution in [-0.4, -0.2) is 35.8 Å². The number of benzene rings is 2. The third-order valence-electron chi connectivity index (χ3n) is 4.33. The monoisotopic (exact) mass is 467 g/mol. The normalized spacial score (nSPS) is 11.5. The highest BCUT2D eigenvalue weighted by Crippen LogP contribution is 2.21. The average molecular weight is 468 g/mol. The molecule has 0 aromatic heterocycles. The molecule has 2 rings (SSSR count). The van der Waals surface area contributed by atoms with Crippen LogP contribution >= 0.6 is 35.0 Å². The van der Waals surface area contributed by atoms with E-state index in [1.54, 1.807) is 12.1 Å². The number of hydrogen-bond donors (Lipinski definition) is 3. The summed E-state index contributed by atoms with van der Waals surface area (Å²) in [5, 5.41) is 3.26. The molecule has 2 aromatic rings. The summed E-state index contributed by atoms with van der Waals surface area (Å²) < 4.78 is 0. The predicted molar refractivity (Wildman–Crippen MR) is 122 cm³/mol. The number of hydrogen-bond acceptors (Lipinski definition) is 4. The van der Waals surface area contributed by atoms with Crippen molar-refractivity contribution in [3.05, 3.63) is 68.7 Å². The van der Waals surface area contributed by atoms with Gasteiger partial charge in [0.25, 0.3) is 17.7 Å². The second-order valence-corrected chi connectivity index (χ2v) is 8.52. The smallest absolute Gasteiger partial charge is 0.269 e. The zero-order valence-electron chi connectivity index (χ0n) is 16.8. The molecule has 0 aliphatic carbocycles. The minimum atomic E-state index is -0.851. The predicted octanol–water partition coefficient (Wildman–Crippen LogP) is 3.92. The van der Waals surface area contributed by atoms with Gasteiger partial charge in [0.2, 0.25) is 0 Å². The molecule has 160 valence electrons. The number of hydrazine groups is 1. The van der Waals surface area contributed by atoms with Gasteiger partial charge in [-0.05, 0) is 62.1 Å². The summed E-state index contributed by atoms with van der Waals surface area (Å²) in [6.07, 6.45) is 2.28. The van der Waals surface area contributed by atoms with Crippen LogP contribution in [0, 0.1) is 13.8 Å². The van der Waals surface area contributed by atoms with Gasteiger partial charge in [-0.25, -0.2) is 0 Å². The molecule has 9 heteroatoms. The number of rotatable bonds is 7. The molecule has 3 N–H and O–H groups in total. The SMILES string of the molecule is CSCC[C@H](NC(=O)c1ccc(Cl)cc1Cl)C(=O)NNC(=O)c1ccc(C)cc1C. The van der Waals surface area contributed by atoms with Gasteiger partial charge in [-0.3, -0.25) is 25.2 Å². The number of halogens is 2. The van der Waals surface area contributed by atoms with Gasteiger partial charge in [0.15, 0.2) is 0 Å². The van der Waals surface area contributed by atoms with E-state index in [1.165, 1.54) is 23.9 Å². The van der Waals surface area contributed by atoms with Crippen LogP contribution in [0.15, 0.2) is 36.4 Å². The van der Waals surface area contributed by atoms with Crippen molar-refractivity contribution in [1.29, 1.82) is 0 Å².